The molecule has 3 atom stereocenters. The van der Waals surface area contributed by atoms with Gasteiger partial charge < -0.3 is 29.6 Å². The van der Waals surface area contributed by atoms with Gasteiger partial charge in [0.15, 0.2) is 0 Å². The molecule has 3 aromatic rings. The van der Waals surface area contributed by atoms with Crippen molar-refractivity contribution in [3.63, 3.8) is 0 Å². The van der Waals surface area contributed by atoms with Gasteiger partial charge in [-0.3, -0.25) is 0 Å². The maximum absolute atomic E-state index is 13.6. The van der Waals surface area contributed by atoms with E-state index in [-0.39, 0.29) is 24.2 Å². The van der Waals surface area contributed by atoms with Crippen LogP contribution in [0.25, 0.3) is 11.0 Å². The first-order valence-electron chi connectivity index (χ1n) is 13.7. The third-order valence-electron chi connectivity index (χ3n) is 8.64. The van der Waals surface area contributed by atoms with Crippen LogP contribution < -0.4 is 5.32 Å². The number of aryl methyl sites for hydroxylation is 1. The van der Waals surface area contributed by atoms with E-state index in [1.54, 1.807) is 0 Å². The minimum absolute atomic E-state index is 0.143. The molecule has 8 heteroatoms. The molecule has 2 amide bonds. The lowest BCUT2D eigenvalue weighted by Gasteiger charge is -2.47. The number of carbonyl (C=O) groups excluding carboxylic acids is 1. The highest BCUT2D eigenvalue weighted by atomic mass is 16.5. The van der Waals surface area contributed by atoms with E-state index in [2.05, 4.69) is 50.2 Å². The molecule has 0 aliphatic carbocycles. The summed E-state index contributed by atoms with van der Waals surface area (Å²) in [6.45, 7) is 7.19. The first-order valence-corrected chi connectivity index (χ1v) is 13.7. The average Bonchev–Trinajstić information content (AvgIpc) is 3.33. The first-order chi connectivity index (χ1) is 18.1. The molecule has 2 N–H and O–H groups in total. The molecule has 2 bridgehead atoms. The van der Waals surface area contributed by atoms with Crippen LogP contribution in [-0.4, -0.2) is 77.4 Å². The summed E-state index contributed by atoms with van der Waals surface area (Å²) in [5.74, 6) is 0. The zero-order chi connectivity index (χ0) is 24.9. The summed E-state index contributed by atoms with van der Waals surface area (Å²) in [6, 6.07) is 7.49. The second-order valence-corrected chi connectivity index (χ2v) is 11.1. The van der Waals surface area contributed by atoms with Gasteiger partial charge in [-0.05, 0) is 72.1 Å². The van der Waals surface area contributed by atoms with Gasteiger partial charge in [0.2, 0.25) is 0 Å². The Morgan fingerprint density at radius 3 is 2.92 bits per heavy atom. The number of hydrogen-bond acceptors (Lipinski definition) is 5. The van der Waals surface area contributed by atoms with Gasteiger partial charge in [0.05, 0.1) is 38.0 Å². The maximum Gasteiger partial charge on any atom is 0.320 e. The lowest BCUT2D eigenvalue weighted by Crippen LogP contribution is -2.60. The van der Waals surface area contributed by atoms with Gasteiger partial charge in [-0.15, -0.1) is 0 Å². The van der Waals surface area contributed by atoms with Crippen LogP contribution >= 0.6 is 0 Å². The number of carbonyl (C=O) groups is 1. The summed E-state index contributed by atoms with van der Waals surface area (Å²) in [7, 11) is 0. The number of hydrogen-bond donors (Lipinski definition) is 2. The van der Waals surface area contributed by atoms with Crippen molar-refractivity contribution in [2.24, 2.45) is 0 Å². The SMILES string of the molecule is Cc1c[nH]c2ncc(Cc3cc4c(c([C@@H]5COCCN5)c3)CN(C(=O)N3C[C@H]5CC[C@@H]3CO5)CC4)cc12. The van der Waals surface area contributed by atoms with Gasteiger partial charge in [0, 0.05) is 44.0 Å². The molecule has 37 heavy (non-hydrogen) atoms. The van der Waals surface area contributed by atoms with E-state index >= 15 is 0 Å². The number of aromatic amines is 1. The Labute approximate surface area is 217 Å². The molecule has 4 saturated heterocycles. The fourth-order valence-electron chi connectivity index (χ4n) is 6.58. The summed E-state index contributed by atoms with van der Waals surface area (Å²) in [5, 5.41) is 4.85. The van der Waals surface area contributed by atoms with Crippen molar-refractivity contribution >= 4 is 17.1 Å². The van der Waals surface area contributed by atoms with E-state index in [9.17, 15) is 4.79 Å². The van der Waals surface area contributed by atoms with Gasteiger partial charge in [0.1, 0.15) is 5.65 Å². The third-order valence-corrected chi connectivity index (χ3v) is 8.64. The van der Waals surface area contributed by atoms with E-state index in [0.29, 0.717) is 19.8 Å². The molecule has 1 aromatic carbocycles. The molecule has 8 nitrogen and oxygen atoms in total. The van der Waals surface area contributed by atoms with E-state index in [0.717, 1.165) is 57.6 Å². The Morgan fingerprint density at radius 1 is 1.19 bits per heavy atom. The monoisotopic (exact) mass is 501 g/mol. The van der Waals surface area contributed by atoms with Crippen LogP contribution in [0.1, 0.15) is 52.3 Å². The number of ether oxygens (including phenoxy) is 2. The average molecular weight is 502 g/mol. The Morgan fingerprint density at radius 2 is 2.14 bits per heavy atom. The van der Waals surface area contributed by atoms with E-state index in [1.165, 1.54) is 38.8 Å². The predicted octanol–water partition coefficient (Wildman–Crippen LogP) is 3.46. The molecule has 0 radical (unpaired) electrons. The number of aromatic nitrogens is 2. The second-order valence-electron chi connectivity index (χ2n) is 11.1. The van der Waals surface area contributed by atoms with E-state index in [4.69, 9.17) is 9.47 Å². The van der Waals surface area contributed by atoms with Crippen molar-refractivity contribution in [1.82, 2.24) is 25.1 Å². The summed E-state index contributed by atoms with van der Waals surface area (Å²) in [6.07, 6.45) is 8.04. The number of fused-ring (bicyclic) bond motifs is 5. The molecule has 7 heterocycles. The number of nitrogens with zero attached hydrogens (tertiary/aromatic N) is 3. The number of urea groups is 1. The maximum atomic E-state index is 13.6. The third kappa shape index (κ3) is 4.31. The molecule has 8 rings (SSSR count). The number of rotatable bonds is 3. The van der Waals surface area contributed by atoms with Crippen molar-refractivity contribution in [2.75, 3.05) is 39.5 Å². The zero-order valence-corrected chi connectivity index (χ0v) is 21.5. The number of benzene rings is 1. The number of amides is 2. The van der Waals surface area contributed by atoms with E-state index in [1.807, 2.05) is 12.4 Å². The van der Waals surface area contributed by atoms with Crippen LogP contribution in [0.2, 0.25) is 0 Å². The lowest BCUT2D eigenvalue weighted by atomic mass is 9.87. The van der Waals surface area contributed by atoms with E-state index < -0.39 is 0 Å². The smallest absolute Gasteiger partial charge is 0.320 e. The van der Waals surface area contributed by atoms with Crippen molar-refractivity contribution < 1.29 is 14.3 Å². The Hall–Kier alpha value is -2.94. The van der Waals surface area contributed by atoms with Crippen molar-refractivity contribution in [2.45, 2.75) is 57.3 Å². The highest BCUT2D eigenvalue weighted by Gasteiger charge is 2.40. The summed E-state index contributed by atoms with van der Waals surface area (Å²) >= 11 is 0. The highest BCUT2D eigenvalue weighted by molar-refractivity contribution is 5.80. The number of morpholine rings is 2. The van der Waals surface area contributed by atoms with Gasteiger partial charge in [-0.2, -0.15) is 0 Å². The minimum atomic E-state index is 0.143. The Bertz CT molecular complexity index is 1320. The van der Waals surface area contributed by atoms with Crippen LogP contribution in [0.15, 0.2) is 30.6 Å². The normalized spacial score (nSPS) is 25.5. The number of H-pyrrole nitrogens is 1. The van der Waals surface area contributed by atoms with Crippen LogP contribution in [0.4, 0.5) is 4.79 Å². The Balaban J connectivity index is 1.18. The molecule has 0 spiro atoms. The predicted molar refractivity (Wildman–Crippen MR) is 141 cm³/mol. The van der Waals surface area contributed by atoms with Crippen molar-refractivity contribution in [3.8, 4) is 0 Å². The van der Waals surface area contributed by atoms with Crippen LogP contribution in [0.3, 0.4) is 0 Å². The molecule has 0 unspecified atom stereocenters. The Kier molecular flexibility index (Phi) is 5.91. The first kappa shape index (κ1) is 23.2. The molecule has 194 valence electrons. The summed E-state index contributed by atoms with van der Waals surface area (Å²) in [4.78, 5) is 25.6. The molecule has 5 aliphatic heterocycles. The lowest BCUT2D eigenvalue weighted by molar-refractivity contribution is -0.0923. The van der Waals surface area contributed by atoms with Gasteiger partial charge in [-0.25, -0.2) is 9.78 Å². The topological polar surface area (TPSA) is 82.7 Å². The summed E-state index contributed by atoms with van der Waals surface area (Å²) < 4.78 is 11.7. The fourth-order valence-corrected chi connectivity index (χ4v) is 6.58. The van der Waals surface area contributed by atoms with Crippen LogP contribution in [0, 0.1) is 6.92 Å². The van der Waals surface area contributed by atoms with Gasteiger partial charge in [-0.1, -0.05) is 12.1 Å². The van der Waals surface area contributed by atoms with Crippen molar-refractivity contribution in [1.29, 1.82) is 0 Å². The van der Waals surface area contributed by atoms with Gasteiger partial charge in [0.25, 0.3) is 0 Å². The zero-order valence-electron chi connectivity index (χ0n) is 21.5. The molecule has 0 saturated carbocycles. The molecule has 4 fully saturated rings. The molecule has 5 aliphatic rings. The van der Waals surface area contributed by atoms with Crippen LogP contribution in [0.5, 0.6) is 0 Å². The summed E-state index contributed by atoms with van der Waals surface area (Å²) in [5.41, 5.74) is 8.59. The minimum Gasteiger partial charge on any atom is -0.378 e. The van der Waals surface area contributed by atoms with Gasteiger partial charge >= 0.3 is 6.03 Å². The number of pyridine rings is 1. The van der Waals surface area contributed by atoms with Crippen molar-refractivity contribution in [3.05, 3.63) is 64.0 Å². The molecule has 2 aromatic heterocycles. The second kappa shape index (κ2) is 9.42. The van der Waals surface area contributed by atoms with Crippen LogP contribution in [-0.2, 0) is 28.9 Å². The standard InChI is InChI=1S/C29H35N5O3/c1-18-12-31-28-24(18)11-20(13-32-28)8-19-9-21-4-6-33(29(35)34-14-23-3-2-22(34)16-37-23)15-26(21)25(10-19)27-17-36-7-5-30-27/h9-13,22-23,27,30H,2-8,14-17H2,1H3,(H,31,32)/t22-,23-,27+/m1/s1. The largest absolute Gasteiger partial charge is 0.378 e. The highest BCUT2D eigenvalue weighted by Crippen LogP contribution is 2.33. The quantitative estimate of drug-likeness (QED) is 0.574. The fraction of sp³-hybridized carbons (Fsp3) is 0.517. The number of nitrogens with one attached hydrogen (secondary N) is 2. The number of piperidine rings is 1. The molecular weight excluding hydrogens is 466 g/mol. The molecular formula is C29H35N5O3.